The Bertz CT molecular complexity index is 1030. The molecule has 0 saturated heterocycles. The molecule has 1 aliphatic carbocycles. The highest BCUT2D eigenvalue weighted by molar-refractivity contribution is 6.29. The van der Waals surface area contributed by atoms with Crippen LogP contribution in [0.3, 0.4) is 0 Å². The number of aromatic amines is 1. The lowest BCUT2D eigenvalue weighted by atomic mass is 9.91. The molecule has 0 atom stereocenters. The Balaban J connectivity index is 1.41. The van der Waals surface area contributed by atoms with Crippen LogP contribution in [0, 0.1) is 0 Å². The molecule has 8 heteroatoms. The van der Waals surface area contributed by atoms with Crippen molar-refractivity contribution in [3.8, 4) is 11.1 Å². The van der Waals surface area contributed by atoms with Crippen molar-refractivity contribution in [1.82, 2.24) is 25.2 Å². The molecule has 30 heavy (non-hydrogen) atoms. The van der Waals surface area contributed by atoms with E-state index in [1.54, 1.807) is 6.20 Å². The topological polar surface area (TPSA) is 85.9 Å². The number of aromatic nitrogens is 3. The summed E-state index contributed by atoms with van der Waals surface area (Å²) in [5.41, 5.74) is 2.91. The summed E-state index contributed by atoms with van der Waals surface area (Å²) in [6, 6.07) is 8.44. The Morgan fingerprint density at radius 1 is 1.23 bits per heavy atom. The van der Waals surface area contributed by atoms with Gasteiger partial charge in [0.2, 0.25) is 5.91 Å². The summed E-state index contributed by atoms with van der Waals surface area (Å²) in [7, 11) is 3.80. The Hall–Kier alpha value is -2.64. The minimum absolute atomic E-state index is 0.0887. The maximum absolute atomic E-state index is 12.0. The number of halogens is 1. The highest BCUT2D eigenvalue weighted by Gasteiger charge is 2.23. The third kappa shape index (κ3) is 4.91. The summed E-state index contributed by atoms with van der Waals surface area (Å²) in [5, 5.41) is 8.18. The van der Waals surface area contributed by atoms with E-state index in [1.165, 1.54) is 0 Å². The van der Waals surface area contributed by atoms with E-state index in [1.807, 2.05) is 49.5 Å². The van der Waals surface area contributed by atoms with Gasteiger partial charge in [0.05, 0.1) is 6.54 Å². The van der Waals surface area contributed by atoms with Crippen LogP contribution < -0.4 is 10.6 Å². The van der Waals surface area contributed by atoms with Gasteiger partial charge in [-0.1, -0.05) is 11.6 Å². The van der Waals surface area contributed by atoms with Gasteiger partial charge >= 0.3 is 0 Å². The number of nitrogens with one attached hydrogen (secondary N) is 3. The molecule has 7 nitrogen and oxygen atoms in total. The van der Waals surface area contributed by atoms with Crippen molar-refractivity contribution in [3.63, 3.8) is 0 Å². The predicted octanol–water partition coefficient (Wildman–Crippen LogP) is 3.68. The molecule has 0 aliphatic heterocycles. The molecule has 0 unspecified atom stereocenters. The van der Waals surface area contributed by atoms with Crippen LogP contribution in [0.1, 0.15) is 25.7 Å². The molecule has 0 radical (unpaired) electrons. The quantitative estimate of drug-likeness (QED) is 0.523. The number of hydrogen-bond donors (Lipinski definition) is 3. The average Bonchev–Trinajstić information content (AvgIpc) is 3.13. The largest absolute Gasteiger partial charge is 0.367 e. The molecule has 0 spiro atoms. The number of anilines is 1. The first-order valence-electron chi connectivity index (χ1n) is 10.3. The molecular weight excluding hydrogens is 400 g/mol. The second-order valence-electron chi connectivity index (χ2n) is 8.16. The number of amides is 1. The number of nitrogens with zero attached hydrogens (tertiary/aromatic N) is 3. The predicted molar refractivity (Wildman–Crippen MR) is 121 cm³/mol. The van der Waals surface area contributed by atoms with E-state index >= 15 is 0 Å². The van der Waals surface area contributed by atoms with Crippen LogP contribution >= 0.6 is 11.6 Å². The van der Waals surface area contributed by atoms with E-state index < -0.39 is 0 Å². The number of hydrogen-bond acceptors (Lipinski definition) is 5. The molecule has 1 aliphatic rings. The Morgan fingerprint density at radius 2 is 2.00 bits per heavy atom. The van der Waals surface area contributed by atoms with Gasteiger partial charge in [-0.05, 0) is 69.6 Å². The average molecular weight is 427 g/mol. The molecule has 4 rings (SSSR count). The molecule has 3 aromatic rings. The number of pyridine rings is 2. The van der Waals surface area contributed by atoms with Gasteiger partial charge in [0.25, 0.3) is 0 Å². The summed E-state index contributed by atoms with van der Waals surface area (Å²) in [5.74, 6) is 0.863. The van der Waals surface area contributed by atoms with Gasteiger partial charge < -0.3 is 20.5 Å². The van der Waals surface area contributed by atoms with Crippen molar-refractivity contribution >= 4 is 34.4 Å². The molecule has 3 aromatic heterocycles. The van der Waals surface area contributed by atoms with E-state index in [2.05, 4.69) is 25.6 Å². The van der Waals surface area contributed by atoms with Crippen molar-refractivity contribution < 1.29 is 4.79 Å². The zero-order valence-electron chi connectivity index (χ0n) is 17.3. The number of rotatable bonds is 6. The van der Waals surface area contributed by atoms with Crippen molar-refractivity contribution in [3.05, 3.63) is 41.8 Å². The van der Waals surface area contributed by atoms with Gasteiger partial charge in [0.1, 0.15) is 16.6 Å². The summed E-state index contributed by atoms with van der Waals surface area (Å²) >= 11 is 6.33. The molecule has 158 valence electrons. The Kier molecular flexibility index (Phi) is 6.20. The smallest absolute Gasteiger partial charge is 0.234 e. The molecule has 3 heterocycles. The van der Waals surface area contributed by atoms with Gasteiger partial charge in [-0.15, -0.1) is 0 Å². The van der Waals surface area contributed by atoms with Crippen molar-refractivity contribution in [1.29, 1.82) is 0 Å². The Labute approximate surface area is 181 Å². The van der Waals surface area contributed by atoms with Gasteiger partial charge in [-0.2, -0.15) is 0 Å². The van der Waals surface area contributed by atoms with Crippen LogP contribution in [0.5, 0.6) is 0 Å². The second kappa shape index (κ2) is 9.02. The lowest BCUT2D eigenvalue weighted by Gasteiger charge is -2.30. The summed E-state index contributed by atoms with van der Waals surface area (Å²) < 4.78 is 0. The van der Waals surface area contributed by atoms with Crippen molar-refractivity contribution in [2.24, 2.45) is 0 Å². The second-order valence-corrected chi connectivity index (χ2v) is 8.55. The van der Waals surface area contributed by atoms with Crippen LogP contribution in [0.15, 0.2) is 36.7 Å². The van der Waals surface area contributed by atoms with Crippen LogP contribution in [0.4, 0.5) is 5.82 Å². The van der Waals surface area contributed by atoms with E-state index in [0.29, 0.717) is 17.7 Å². The fourth-order valence-electron chi connectivity index (χ4n) is 4.07. The Morgan fingerprint density at radius 3 is 2.77 bits per heavy atom. The third-order valence-corrected chi connectivity index (χ3v) is 5.65. The fraction of sp³-hybridized carbons (Fsp3) is 0.409. The standard InChI is InChI=1S/C22H27ClN6O/c1-29(2)13-21(30)27-16-7-5-15(6-8-16)26-20-11-14(10-19(23)28-20)18-12-25-22-17(18)4-3-9-24-22/h3-4,9-12,15-16H,5-8,13H2,1-2H3,(H,24,25)(H,26,28)(H,27,30)/t15-,16-. The summed E-state index contributed by atoms with van der Waals surface area (Å²) in [6.45, 7) is 0.427. The van der Waals surface area contributed by atoms with Gasteiger partial charge in [0.15, 0.2) is 0 Å². The fourth-order valence-corrected chi connectivity index (χ4v) is 4.28. The van der Waals surface area contributed by atoms with E-state index in [-0.39, 0.29) is 11.9 Å². The number of H-pyrrole nitrogens is 1. The molecule has 1 saturated carbocycles. The van der Waals surface area contributed by atoms with Crippen LogP contribution in [-0.2, 0) is 4.79 Å². The third-order valence-electron chi connectivity index (χ3n) is 5.46. The zero-order valence-corrected chi connectivity index (χ0v) is 18.0. The van der Waals surface area contributed by atoms with Crippen LogP contribution in [-0.4, -0.2) is 58.5 Å². The minimum atomic E-state index is 0.0887. The number of carbonyl (C=O) groups excluding carboxylic acids is 1. The molecule has 1 amide bonds. The monoisotopic (exact) mass is 426 g/mol. The van der Waals surface area contributed by atoms with Crippen LogP contribution in [0.2, 0.25) is 5.15 Å². The molecule has 1 fully saturated rings. The van der Waals surface area contributed by atoms with Crippen molar-refractivity contribution in [2.75, 3.05) is 26.0 Å². The van der Waals surface area contributed by atoms with Gasteiger partial charge in [-0.25, -0.2) is 9.97 Å². The lowest BCUT2D eigenvalue weighted by Crippen LogP contribution is -2.43. The number of likely N-dealkylation sites (N-methyl/N-ethyl adjacent to an activating group) is 1. The molecule has 0 bridgehead atoms. The molecule has 0 aromatic carbocycles. The van der Waals surface area contributed by atoms with Gasteiger partial charge in [0, 0.05) is 35.4 Å². The van der Waals surface area contributed by atoms with E-state index in [4.69, 9.17) is 11.6 Å². The van der Waals surface area contributed by atoms with Crippen LogP contribution in [0.25, 0.3) is 22.2 Å². The first-order valence-corrected chi connectivity index (χ1v) is 10.7. The molecular formula is C22H27ClN6O. The van der Waals surface area contributed by atoms with Gasteiger partial charge in [-0.3, -0.25) is 4.79 Å². The highest BCUT2D eigenvalue weighted by atomic mass is 35.5. The highest BCUT2D eigenvalue weighted by Crippen LogP contribution is 2.31. The maximum atomic E-state index is 12.0. The normalized spacial score (nSPS) is 19.2. The van der Waals surface area contributed by atoms with Crippen molar-refractivity contribution in [2.45, 2.75) is 37.8 Å². The lowest BCUT2D eigenvalue weighted by molar-refractivity contribution is -0.122. The van der Waals surface area contributed by atoms with E-state index in [0.717, 1.165) is 53.7 Å². The SMILES string of the molecule is CN(C)CC(=O)N[C@H]1CC[C@H](Nc2cc(-c3c[nH]c4ncccc34)cc(Cl)n2)CC1. The number of carbonyl (C=O) groups is 1. The number of fused-ring (bicyclic) bond motifs is 1. The van der Waals surface area contributed by atoms with E-state index in [9.17, 15) is 4.79 Å². The first kappa shape index (κ1) is 20.6. The minimum Gasteiger partial charge on any atom is -0.367 e. The summed E-state index contributed by atoms with van der Waals surface area (Å²) in [4.78, 5) is 25.9. The first-order chi connectivity index (χ1) is 14.5. The molecule has 3 N–H and O–H groups in total. The maximum Gasteiger partial charge on any atom is 0.234 e. The zero-order chi connectivity index (χ0) is 21.1. The summed E-state index contributed by atoms with van der Waals surface area (Å²) in [6.07, 6.45) is 7.60.